The molecule has 0 unspecified atom stereocenters. The van der Waals surface area contributed by atoms with E-state index >= 15 is 0 Å². The third kappa shape index (κ3) is 21.0. The molecule has 4 aromatic rings. The molecule has 0 aliphatic heterocycles. The first-order valence-corrected chi connectivity index (χ1v) is 21.3. The van der Waals surface area contributed by atoms with Gasteiger partial charge in [0.1, 0.15) is 0 Å². The molecule has 0 saturated heterocycles. The topological polar surface area (TPSA) is 173 Å². The zero-order chi connectivity index (χ0) is 43.2. The number of ether oxygens (including phenoxy) is 2. The van der Waals surface area contributed by atoms with Crippen molar-refractivity contribution in [1.29, 1.82) is 0 Å². The Hall–Kier alpha value is -5.55. The van der Waals surface area contributed by atoms with Crippen LogP contribution < -0.4 is 10.2 Å². The minimum atomic E-state index is -0.364. The molecule has 12 nitrogen and oxygen atoms in total. The van der Waals surface area contributed by atoms with E-state index < -0.39 is 0 Å². The molecule has 0 heterocycles. The van der Waals surface area contributed by atoms with Gasteiger partial charge in [-0.2, -0.15) is 20.5 Å². The Balaban J connectivity index is 0.000000413. The summed E-state index contributed by atoms with van der Waals surface area (Å²) in [5.41, 5.74) is 4.31. The minimum absolute atomic E-state index is 0. The van der Waals surface area contributed by atoms with Crippen molar-refractivity contribution in [2.45, 2.75) is 105 Å². The molecule has 4 rings (SSSR count). The van der Waals surface area contributed by atoms with Crippen LogP contribution in [0.2, 0.25) is 0 Å². The molecule has 0 amide bonds. The van der Waals surface area contributed by atoms with E-state index in [1.165, 1.54) is 76.3 Å². The number of hydrogen-bond acceptors (Lipinski definition) is 12. The van der Waals surface area contributed by atoms with E-state index in [1.807, 2.05) is 0 Å². The molecule has 0 radical (unpaired) electrons. The summed E-state index contributed by atoms with van der Waals surface area (Å²) in [6, 6.07) is 22.9. The van der Waals surface area contributed by atoms with E-state index in [0.29, 0.717) is 58.2 Å². The summed E-state index contributed by atoms with van der Waals surface area (Å²) >= 11 is 0. The van der Waals surface area contributed by atoms with Crippen LogP contribution in [0.4, 0.5) is 22.7 Å². The Morgan fingerprint density at radius 1 is 0.475 bits per heavy atom. The van der Waals surface area contributed by atoms with Crippen molar-refractivity contribution in [1.82, 2.24) is 0 Å². The molecule has 13 heteroatoms. The number of nitrogens with zero attached hydrogens (tertiary/aromatic N) is 6. The van der Waals surface area contributed by atoms with Gasteiger partial charge in [-0.15, -0.1) is 0 Å². The number of esters is 2. The normalized spacial score (nSPS) is 11.2. The summed E-state index contributed by atoms with van der Waals surface area (Å²) in [4.78, 5) is 32.1. The van der Waals surface area contributed by atoms with Gasteiger partial charge in [-0.1, -0.05) is 102 Å². The van der Waals surface area contributed by atoms with Crippen molar-refractivity contribution in [3.05, 3.63) is 107 Å². The molecule has 0 aliphatic rings. The standard InChI is InChI=1S/2C24H31N3O3.Ni/c2*1-3-5-6-7-8-9-16-25-18-20-17-22(14-15-23(20)28)27-26-21-12-10-19(11-13-21)24(29)30-4-2;/h2*10-15,17-18,28H,3-9,16H2,1-2H3;/q;;+2/p-2. The average Bonchev–Trinajstić information content (AvgIpc) is 3.26. The number of carbonyl (C=O) groups is 2. The smallest absolute Gasteiger partial charge is 0.872 e. The van der Waals surface area contributed by atoms with Gasteiger partial charge in [0.15, 0.2) is 0 Å². The minimum Gasteiger partial charge on any atom is -0.872 e. The summed E-state index contributed by atoms with van der Waals surface area (Å²) in [7, 11) is 0. The van der Waals surface area contributed by atoms with Gasteiger partial charge in [0.25, 0.3) is 0 Å². The first-order valence-electron chi connectivity index (χ1n) is 21.3. The Kier molecular flexibility index (Phi) is 26.5. The molecule has 61 heavy (non-hydrogen) atoms. The molecule has 0 atom stereocenters. The number of rotatable bonds is 24. The Bertz CT molecular complexity index is 1840. The van der Waals surface area contributed by atoms with Gasteiger partial charge in [0.2, 0.25) is 0 Å². The fraction of sp³-hybridized carbons (Fsp3) is 0.417. The van der Waals surface area contributed by atoms with E-state index in [2.05, 4.69) is 44.3 Å². The van der Waals surface area contributed by atoms with Gasteiger partial charge in [0.05, 0.1) is 47.1 Å². The molecule has 4 aromatic carbocycles. The van der Waals surface area contributed by atoms with Gasteiger partial charge >= 0.3 is 28.4 Å². The quantitative estimate of drug-likeness (QED) is 0.0223. The molecule has 0 aromatic heterocycles. The van der Waals surface area contributed by atoms with Gasteiger partial charge in [-0.3, -0.25) is 9.98 Å². The van der Waals surface area contributed by atoms with Crippen LogP contribution in [0.15, 0.2) is 115 Å². The van der Waals surface area contributed by atoms with Crippen LogP contribution in [0.25, 0.3) is 0 Å². The second kappa shape index (κ2) is 31.3. The van der Waals surface area contributed by atoms with Crippen molar-refractivity contribution < 1.29 is 45.8 Å². The van der Waals surface area contributed by atoms with Gasteiger partial charge in [-0.05, 0) is 111 Å². The van der Waals surface area contributed by atoms with Crippen molar-refractivity contribution in [2.75, 3.05) is 26.3 Å². The number of azo groups is 2. The molecule has 0 aliphatic carbocycles. The van der Waals surface area contributed by atoms with E-state index in [1.54, 1.807) is 99.1 Å². The Morgan fingerprint density at radius 2 is 0.803 bits per heavy atom. The predicted octanol–water partition coefficient (Wildman–Crippen LogP) is 12.3. The fourth-order valence-electron chi connectivity index (χ4n) is 5.68. The third-order valence-corrected chi connectivity index (χ3v) is 9.05. The number of benzene rings is 4. The second-order valence-electron chi connectivity index (χ2n) is 14.0. The first-order chi connectivity index (χ1) is 29.3. The molecule has 328 valence electrons. The molecule has 0 fully saturated rings. The maximum absolute atomic E-state index is 12.0. The van der Waals surface area contributed by atoms with Crippen LogP contribution in [0, 0.1) is 0 Å². The monoisotopic (exact) mass is 874 g/mol. The number of unbranched alkanes of at least 4 members (excludes halogenated alkanes) is 10. The molecular formula is C48H60N6NiO6. The maximum Gasteiger partial charge on any atom is 2.00 e. The first kappa shape index (κ1) is 51.6. The zero-order valence-corrected chi connectivity index (χ0v) is 37.0. The zero-order valence-electron chi connectivity index (χ0n) is 36.0. The third-order valence-electron chi connectivity index (χ3n) is 9.05. The largest absolute Gasteiger partial charge is 2.00 e. The summed E-state index contributed by atoms with van der Waals surface area (Å²) in [5, 5.41) is 40.8. The number of carbonyl (C=O) groups excluding carboxylic acids is 2. The van der Waals surface area contributed by atoms with Crippen molar-refractivity contribution >= 4 is 47.1 Å². The molecule has 0 bridgehead atoms. The van der Waals surface area contributed by atoms with Crippen molar-refractivity contribution in [3.8, 4) is 11.5 Å². The Labute approximate surface area is 371 Å². The number of aliphatic imine (C=N–C) groups is 2. The fourth-order valence-corrected chi connectivity index (χ4v) is 5.68. The average molecular weight is 876 g/mol. The molecule has 0 N–H and O–H groups in total. The summed E-state index contributed by atoms with van der Waals surface area (Å²) in [5.74, 6) is -0.896. The van der Waals surface area contributed by atoms with Crippen LogP contribution in [-0.4, -0.2) is 50.7 Å². The molecule has 0 spiro atoms. The van der Waals surface area contributed by atoms with Crippen LogP contribution in [0.3, 0.4) is 0 Å². The number of hydrogen-bond donors (Lipinski definition) is 0. The SMILES string of the molecule is CCCCCCCCN=Cc1cc(N=Nc2ccc(C(=O)OCC)cc2)ccc1[O-].CCCCCCCCN=Cc1cc(N=Nc2ccc(C(=O)OCC)cc2)ccc1[O-].[Ni+2]. The van der Waals surface area contributed by atoms with Crippen molar-refractivity contribution in [3.63, 3.8) is 0 Å². The summed E-state index contributed by atoms with van der Waals surface area (Å²) in [6.07, 6.45) is 17.8. The Morgan fingerprint density at radius 3 is 1.16 bits per heavy atom. The van der Waals surface area contributed by atoms with Crippen LogP contribution in [0.1, 0.15) is 137 Å². The van der Waals surface area contributed by atoms with Gasteiger partial charge in [-0.25, -0.2) is 9.59 Å². The predicted molar refractivity (Wildman–Crippen MR) is 237 cm³/mol. The van der Waals surface area contributed by atoms with E-state index in [0.717, 1.165) is 25.9 Å². The van der Waals surface area contributed by atoms with Crippen molar-refractivity contribution in [2.24, 2.45) is 30.4 Å². The molecule has 0 saturated carbocycles. The maximum atomic E-state index is 12.0. The van der Waals surface area contributed by atoms with E-state index in [-0.39, 0.29) is 39.9 Å². The van der Waals surface area contributed by atoms with Crippen LogP contribution >= 0.6 is 0 Å². The van der Waals surface area contributed by atoms with E-state index in [9.17, 15) is 19.8 Å². The summed E-state index contributed by atoms with van der Waals surface area (Å²) < 4.78 is 9.91. The van der Waals surface area contributed by atoms with Crippen LogP contribution in [-0.2, 0) is 26.0 Å². The van der Waals surface area contributed by atoms with Crippen LogP contribution in [0.5, 0.6) is 11.5 Å². The van der Waals surface area contributed by atoms with E-state index in [4.69, 9.17) is 9.47 Å². The second-order valence-corrected chi connectivity index (χ2v) is 14.0. The summed E-state index contributed by atoms with van der Waals surface area (Å²) in [6.45, 7) is 10.1. The van der Waals surface area contributed by atoms with Gasteiger partial charge in [0, 0.05) is 25.5 Å². The van der Waals surface area contributed by atoms with Gasteiger partial charge < -0.3 is 19.7 Å². The molecular weight excluding hydrogens is 815 g/mol.